The summed E-state index contributed by atoms with van der Waals surface area (Å²) in [6, 6.07) is 6.67. The van der Waals surface area contributed by atoms with Gasteiger partial charge in [-0.25, -0.2) is 0 Å². The number of likely N-dealkylation sites (tertiary alicyclic amines) is 1. The van der Waals surface area contributed by atoms with Crippen molar-refractivity contribution in [3.63, 3.8) is 0 Å². The highest BCUT2D eigenvalue weighted by Gasteiger charge is 2.67. The van der Waals surface area contributed by atoms with E-state index in [9.17, 15) is 14.4 Å². The fraction of sp³-hybridized carbons (Fsp3) is 0.526. The van der Waals surface area contributed by atoms with Gasteiger partial charge in [0.1, 0.15) is 5.54 Å². The third-order valence-corrected chi connectivity index (χ3v) is 6.31. The van der Waals surface area contributed by atoms with Crippen LogP contribution >= 0.6 is 23.4 Å². The number of benzene rings is 1. The molecule has 1 N–H and O–H groups in total. The number of carbonyl (C=O) groups is 3. The molecule has 0 saturated carbocycles. The Labute approximate surface area is 167 Å². The van der Waals surface area contributed by atoms with Gasteiger partial charge in [-0.05, 0) is 43.0 Å². The number of halogens is 1. The smallest absolute Gasteiger partial charge is 0.327 e. The molecule has 0 aromatic heterocycles. The summed E-state index contributed by atoms with van der Waals surface area (Å²) in [4.78, 5) is 40.0. The van der Waals surface area contributed by atoms with Crippen molar-refractivity contribution in [1.29, 1.82) is 0 Å². The fourth-order valence-corrected chi connectivity index (χ4v) is 4.80. The van der Waals surface area contributed by atoms with Gasteiger partial charge < -0.3 is 4.74 Å². The van der Waals surface area contributed by atoms with Gasteiger partial charge in [-0.15, -0.1) is 0 Å². The summed E-state index contributed by atoms with van der Waals surface area (Å²) in [5.74, 6) is -1.83. The van der Waals surface area contributed by atoms with Crippen molar-refractivity contribution < 1.29 is 19.1 Å². The van der Waals surface area contributed by atoms with E-state index in [1.54, 1.807) is 30.8 Å². The number of hydrogen-bond acceptors (Lipinski definition) is 6. The van der Waals surface area contributed by atoms with E-state index in [4.69, 9.17) is 16.3 Å². The third kappa shape index (κ3) is 3.26. The predicted molar refractivity (Wildman–Crippen MR) is 104 cm³/mol. The van der Waals surface area contributed by atoms with Gasteiger partial charge in [0.2, 0.25) is 11.8 Å². The molecule has 2 aliphatic heterocycles. The Kier molecular flexibility index (Phi) is 5.84. The standard InChI is InChI=1S/C19H23ClN2O4S/c1-4-26-18(25)19(9-10-27-3)14-13(16(23)22(2)17(14)24)15(21-19)11-5-7-12(20)8-6-11/h5-8,13-15,21H,4,9-10H2,1-3H3. The van der Waals surface area contributed by atoms with Gasteiger partial charge in [0.05, 0.1) is 18.4 Å². The molecule has 4 unspecified atom stereocenters. The maximum atomic E-state index is 13.0. The molecule has 2 fully saturated rings. The molecule has 8 heteroatoms. The number of esters is 1. The highest BCUT2D eigenvalue weighted by atomic mass is 35.5. The molecule has 0 radical (unpaired) electrons. The molecule has 2 heterocycles. The first-order valence-corrected chi connectivity index (χ1v) is 10.6. The zero-order chi connectivity index (χ0) is 19.8. The first kappa shape index (κ1) is 20.2. The SMILES string of the molecule is CCOC(=O)C1(CCSC)NC(c2ccc(Cl)cc2)C2C(=O)N(C)C(=O)C21. The van der Waals surface area contributed by atoms with Crippen LogP contribution < -0.4 is 5.32 Å². The minimum Gasteiger partial charge on any atom is -0.465 e. The van der Waals surface area contributed by atoms with Gasteiger partial charge in [0, 0.05) is 18.1 Å². The van der Waals surface area contributed by atoms with Gasteiger partial charge in [-0.2, -0.15) is 11.8 Å². The molecule has 2 aliphatic rings. The number of thioether (sulfide) groups is 1. The quantitative estimate of drug-likeness (QED) is 0.572. The molecule has 6 nitrogen and oxygen atoms in total. The minimum atomic E-state index is -1.22. The average Bonchev–Trinajstić information content (AvgIpc) is 3.11. The van der Waals surface area contributed by atoms with Crippen molar-refractivity contribution in [2.45, 2.75) is 24.9 Å². The Bertz CT molecular complexity index is 757. The molecule has 146 valence electrons. The number of nitrogens with one attached hydrogen (secondary N) is 1. The second kappa shape index (κ2) is 7.81. The molecule has 0 aliphatic carbocycles. The Balaban J connectivity index is 2.10. The lowest BCUT2D eigenvalue weighted by atomic mass is 9.78. The van der Waals surface area contributed by atoms with Crippen LogP contribution in [0.5, 0.6) is 0 Å². The molecular formula is C19H23ClN2O4S. The maximum Gasteiger partial charge on any atom is 0.327 e. The van der Waals surface area contributed by atoms with Crippen molar-refractivity contribution >= 4 is 41.1 Å². The van der Waals surface area contributed by atoms with Crippen LogP contribution in [-0.2, 0) is 19.1 Å². The van der Waals surface area contributed by atoms with E-state index in [-0.39, 0.29) is 18.4 Å². The zero-order valence-corrected chi connectivity index (χ0v) is 17.1. The van der Waals surface area contributed by atoms with E-state index in [0.717, 1.165) is 10.5 Å². The van der Waals surface area contributed by atoms with Gasteiger partial charge in [-0.3, -0.25) is 24.6 Å². The highest BCUT2D eigenvalue weighted by molar-refractivity contribution is 7.98. The van der Waals surface area contributed by atoms with Crippen molar-refractivity contribution in [2.75, 3.05) is 25.7 Å². The van der Waals surface area contributed by atoms with Crippen molar-refractivity contribution in [1.82, 2.24) is 10.2 Å². The molecule has 1 aromatic rings. The van der Waals surface area contributed by atoms with Gasteiger partial charge in [-0.1, -0.05) is 23.7 Å². The van der Waals surface area contributed by atoms with Crippen LogP contribution in [0, 0.1) is 11.8 Å². The minimum absolute atomic E-state index is 0.211. The Morgan fingerprint density at radius 2 is 1.96 bits per heavy atom. The maximum absolute atomic E-state index is 13.0. The van der Waals surface area contributed by atoms with Crippen molar-refractivity contribution in [3.05, 3.63) is 34.9 Å². The second-order valence-corrected chi connectivity index (χ2v) is 8.27. The fourth-order valence-electron chi connectivity index (χ4n) is 4.15. The van der Waals surface area contributed by atoms with Gasteiger partial charge in [0.15, 0.2) is 0 Å². The van der Waals surface area contributed by atoms with E-state index in [1.165, 1.54) is 7.05 Å². The lowest BCUT2D eigenvalue weighted by Gasteiger charge is -2.32. The van der Waals surface area contributed by atoms with Crippen LogP contribution in [0.4, 0.5) is 0 Å². The summed E-state index contributed by atoms with van der Waals surface area (Å²) >= 11 is 7.58. The lowest BCUT2D eigenvalue weighted by Crippen LogP contribution is -2.56. The number of hydrogen-bond donors (Lipinski definition) is 1. The summed E-state index contributed by atoms with van der Waals surface area (Å²) in [6.45, 7) is 1.94. The Morgan fingerprint density at radius 3 is 2.56 bits per heavy atom. The Morgan fingerprint density at radius 1 is 1.30 bits per heavy atom. The number of amides is 2. The van der Waals surface area contributed by atoms with Crippen LogP contribution in [0.1, 0.15) is 24.9 Å². The van der Waals surface area contributed by atoms with Crippen LogP contribution in [0.25, 0.3) is 0 Å². The molecule has 2 saturated heterocycles. The van der Waals surface area contributed by atoms with Gasteiger partial charge >= 0.3 is 5.97 Å². The molecule has 0 bridgehead atoms. The summed E-state index contributed by atoms with van der Waals surface area (Å²) in [6.07, 6.45) is 2.35. The summed E-state index contributed by atoms with van der Waals surface area (Å²) in [5, 5.41) is 3.93. The van der Waals surface area contributed by atoms with Crippen LogP contribution in [0.15, 0.2) is 24.3 Å². The third-order valence-electron chi connectivity index (χ3n) is 5.44. The summed E-state index contributed by atoms with van der Waals surface area (Å²) in [5.41, 5.74) is -0.396. The first-order valence-electron chi connectivity index (χ1n) is 8.88. The van der Waals surface area contributed by atoms with E-state index in [2.05, 4.69) is 5.32 Å². The summed E-state index contributed by atoms with van der Waals surface area (Å²) in [7, 11) is 1.48. The largest absolute Gasteiger partial charge is 0.465 e. The molecule has 27 heavy (non-hydrogen) atoms. The number of nitrogens with zero attached hydrogens (tertiary/aromatic N) is 1. The van der Waals surface area contributed by atoms with E-state index in [1.807, 2.05) is 18.4 Å². The van der Waals surface area contributed by atoms with Crippen LogP contribution in [-0.4, -0.2) is 53.9 Å². The predicted octanol–water partition coefficient (Wildman–Crippen LogP) is 2.27. The molecule has 0 spiro atoms. The Hall–Kier alpha value is -1.57. The lowest BCUT2D eigenvalue weighted by molar-refractivity contribution is -0.156. The molecule has 4 atom stereocenters. The number of carbonyl (C=O) groups excluding carboxylic acids is 3. The molecule has 3 rings (SSSR count). The summed E-state index contributed by atoms with van der Waals surface area (Å²) < 4.78 is 5.34. The molecular weight excluding hydrogens is 388 g/mol. The second-order valence-electron chi connectivity index (χ2n) is 6.85. The number of rotatable bonds is 6. The van der Waals surface area contributed by atoms with Gasteiger partial charge in [0.25, 0.3) is 0 Å². The average molecular weight is 411 g/mol. The van der Waals surface area contributed by atoms with E-state index < -0.39 is 29.4 Å². The normalized spacial score (nSPS) is 29.9. The number of fused-ring (bicyclic) bond motifs is 1. The monoisotopic (exact) mass is 410 g/mol. The zero-order valence-electron chi connectivity index (χ0n) is 15.5. The molecule has 1 aromatic carbocycles. The van der Waals surface area contributed by atoms with Crippen molar-refractivity contribution in [3.8, 4) is 0 Å². The number of ether oxygens (including phenoxy) is 1. The van der Waals surface area contributed by atoms with Crippen LogP contribution in [0.3, 0.4) is 0 Å². The van der Waals surface area contributed by atoms with E-state index in [0.29, 0.717) is 17.2 Å². The van der Waals surface area contributed by atoms with E-state index >= 15 is 0 Å². The van der Waals surface area contributed by atoms with Crippen LogP contribution in [0.2, 0.25) is 5.02 Å². The highest BCUT2D eigenvalue weighted by Crippen LogP contribution is 2.50. The molecule has 2 amide bonds. The first-order chi connectivity index (χ1) is 12.9. The number of imide groups is 1. The topological polar surface area (TPSA) is 75.7 Å². The van der Waals surface area contributed by atoms with Crippen molar-refractivity contribution in [2.24, 2.45) is 11.8 Å².